The van der Waals surface area contributed by atoms with Gasteiger partial charge in [-0.2, -0.15) is 0 Å². The average molecular weight is 234 g/mol. The highest BCUT2D eigenvalue weighted by molar-refractivity contribution is 5.52. The highest BCUT2D eigenvalue weighted by Gasteiger charge is 2.17. The summed E-state index contributed by atoms with van der Waals surface area (Å²) in [6, 6.07) is 3.58. The van der Waals surface area contributed by atoms with E-state index in [0.717, 1.165) is 11.1 Å². The van der Waals surface area contributed by atoms with Gasteiger partial charge in [0.25, 0.3) is 0 Å². The molecule has 1 atom stereocenters. The number of methoxy groups -OCH3 is 2. The van der Waals surface area contributed by atoms with E-state index in [1.807, 2.05) is 6.07 Å². The van der Waals surface area contributed by atoms with E-state index in [4.69, 9.17) is 9.47 Å². The largest absolute Gasteiger partial charge is 0.493 e. The molecule has 1 aromatic carbocycles. The Morgan fingerprint density at radius 3 is 2.47 bits per heavy atom. The second-order valence-corrected chi connectivity index (χ2v) is 3.54. The highest BCUT2D eigenvalue weighted by atomic mass is 16.5. The Bertz CT molecular complexity index is 410. The lowest BCUT2D eigenvalue weighted by Gasteiger charge is -2.17. The smallest absolute Gasteiger partial charge is 0.164 e. The SMILES string of the molecule is C=CCc1c(C(O)C=C)ccc(OC)c1OC. The van der Waals surface area contributed by atoms with Crippen molar-refractivity contribution in [3.8, 4) is 11.5 Å². The molecule has 0 bridgehead atoms. The first-order valence-corrected chi connectivity index (χ1v) is 5.34. The van der Waals surface area contributed by atoms with Crippen molar-refractivity contribution < 1.29 is 14.6 Å². The Morgan fingerprint density at radius 2 is 2.00 bits per heavy atom. The van der Waals surface area contributed by atoms with Gasteiger partial charge in [0.15, 0.2) is 11.5 Å². The van der Waals surface area contributed by atoms with Gasteiger partial charge in [-0.3, -0.25) is 0 Å². The zero-order chi connectivity index (χ0) is 12.8. The number of aliphatic hydroxyl groups excluding tert-OH is 1. The molecule has 0 saturated carbocycles. The number of benzene rings is 1. The van der Waals surface area contributed by atoms with Crippen LogP contribution in [0.5, 0.6) is 11.5 Å². The van der Waals surface area contributed by atoms with Crippen molar-refractivity contribution in [2.75, 3.05) is 14.2 Å². The predicted molar refractivity (Wildman–Crippen MR) is 68.6 cm³/mol. The number of rotatable bonds is 6. The molecule has 0 aliphatic carbocycles. The summed E-state index contributed by atoms with van der Waals surface area (Å²) in [7, 11) is 3.16. The predicted octanol–water partition coefficient (Wildman–Crippen LogP) is 2.65. The molecule has 0 aliphatic heterocycles. The molecule has 0 fully saturated rings. The second-order valence-electron chi connectivity index (χ2n) is 3.54. The van der Waals surface area contributed by atoms with Crippen LogP contribution in [0.1, 0.15) is 17.2 Å². The molecule has 0 aromatic heterocycles. The van der Waals surface area contributed by atoms with Crippen molar-refractivity contribution in [2.45, 2.75) is 12.5 Å². The summed E-state index contributed by atoms with van der Waals surface area (Å²) >= 11 is 0. The van der Waals surface area contributed by atoms with E-state index in [2.05, 4.69) is 13.2 Å². The Kier molecular flexibility index (Phi) is 4.79. The van der Waals surface area contributed by atoms with E-state index in [-0.39, 0.29) is 0 Å². The Morgan fingerprint density at radius 1 is 1.29 bits per heavy atom. The third kappa shape index (κ3) is 2.68. The Labute approximate surface area is 102 Å². The quantitative estimate of drug-likeness (QED) is 0.769. The van der Waals surface area contributed by atoms with Crippen molar-refractivity contribution in [1.29, 1.82) is 0 Å². The fourth-order valence-electron chi connectivity index (χ4n) is 1.77. The maximum absolute atomic E-state index is 9.87. The van der Waals surface area contributed by atoms with Crippen molar-refractivity contribution >= 4 is 0 Å². The van der Waals surface area contributed by atoms with E-state index in [1.165, 1.54) is 6.08 Å². The maximum atomic E-state index is 9.87. The van der Waals surface area contributed by atoms with Crippen LogP contribution in [0.15, 0.2) is 37.4 Å². The van der Waals surface area contributed by atoms with Crippen LogP contribution in [0.3, 0.4) is 0 Å². The topological polar surface area (TPSA) is 38.7 Å². The molecule has 92 valence electrons. The van der Waals surface area contributed by atoms with Gasteiger partial charge in [-0.15, -0.1) is 13.2 Å². The first-order chi connectivity index (χ1) is 8.19. The van der Waals surface area contributed by atoms with Crippen molar-refractivity contribution in [3.63, 3.8) is 0 Å². The van der Waals surface area contributed by atoms with Crippen LogP contribution in [0, 0.1) is 0 Å². The van der Waals surface area contributed by atoms with E-state index in [9.17, 15) is 5.11 Å². The molecule has 0 aliphatic rings. The molecule has 0 spiro atoms. The summed E-state index contributed by atoms with van der Waals surface area (Å²) in [4.78, 5) is 0. The fraction of sp³-hybridized carbons (Fsp3) is 0.286. The van der Waals surface area contributed by atoms with Crippen molar-refractivity contribution in [3.05, 3.63) is 48.6 Å². The van der Waals surface area contributed by atoms with Gasteiger partial charge in [0.2, 0.25) is 0 Å². The van der Waals surface area contributed by atoms with Gasteiger partial charge in [0.05, 0.1) is 20.3 Å². The van der Waals surface area contributed by atoms with E-state index in [1.54, 1.807) is 26.4 Å². The van der Waals surface area contributed by atoms with Gasteiger partial charge < -0.3 is 14.6 Å². The molecule has 1 N–H and O–H groups in total. The number of hydrogen-bond acceptors (Lipinski definition) is 3. The lowest BCUT2D eigenvalue weighted by molar-refractivity contribution is 0.227. The molecule has 1 unspecified atom stereocenters. The van der Waals surface area contributed by atoms with Crippen LogP contribution in [0.25, 0.3) is 0 Å². The number of allylic oxidation sites excluding steroid dienone is 1. The Hall–Kier alpha value is -1.74. The van der Waals surface area contributed by atoms with Crippen LogP contribution >= 0.6 is 0 Å². The first kappa shape index (κ1) is 13.3. The maximum Gasteiger partial charge on any atom is 0.164 e. The molecule has 0 amide bonds. The normalized spacial score (nSPS) is 11.7. The molecule has 1 aromatic rings. The van der Waals surface area contributed by atoms with Gasteiger partial charge in [-0.05, 0) is 18.1 Å². The van der Waals surface area contributed by atoms with Gasteiger partial charge in [0.1, 0.15) is 0 Å². The highest BCUT2D eigenvalue weighted by Crippen LogP contribution is 2.36. The zero-order valence-corrected chi connectivity index (χ0v) is 10.3. The lowest BCUT2D eigenvalue weighted by Crippen LogP contribution is -2.03. The minimum Gasteiger partial charge on any atom is -0.493 e. The van der Waals surface area contributed by atoms with E-state index < -0.39 is 6.10 Å². The zero-order valence-electron chi connectivity index (χ0n) is 10.3. The van der Waals surface area contributed by atoms with Crippen molar-refractivity contribution in [1.82, 2.24) is 0 Å². The molecule has 0 heterocycles. The summed E-state index contributed by atoms with van der Waals surface area (Å²) in [6.07, 6.45) is 3.12. The number of ether oxygens (including phenoxy) is 2. The summed E-state index contributed by atoms with van der Waals surface area (Å²) in [5, 5.41) is 9.87. The number of aliphatic hydroxyl groups is 1. The third-order valence-electron chi connectivity index (χ3n) is 2.58. The first-order valence-electron chi connectivity index (χ1n) is 5.34. The van der Waals surface area contributed by atoms with Crippen LogP contribution < -0.4 is 9.47 Å². The van der Waals surface area contributed by atoms with Crippen LogP contribution in [-0.4, -0.2) is 19.3 Å². The monoisotopic (exact) mass is 234 g/mol. The van der Waals surface area contributed by atoms with Gasteiger partial charge in [-0.25, -0.2) is 0 Å². The summed E-state index contributed by atoms with van der Waals surface area (Å²) < 4.78 is 10.6. The standard InChI is InChI=1S/C14H18O3/c1-5-7-11-10(12(15)6-2)8-9-13(16-3)14(11)17-4/h5-6,8-9,12,15H,1-2,7H2,3-4H3. The minimum atomic E-state index is -0.718. The van der Waals surface area contributed by atoms with E-state index in [0.29, 0.717) is 17.9 Å². The molecule has 0 saturated heterocycles. The molecule has 0 radical (unpaired) electrons. The van der Waals surface area contributed by atoms with Crippen LogP contribution in [0.4, 0.5) is 0 Å². The van der Waals surface area contributed by atoms with Gasteiger partial charge in [0, 0.05) is 5.56 Å². The lowest BCUT2D eigenvalue weighted by atomic mass is 9.98. The average Bonchev–Trinajstić information content (AvgIpc) is 2.37. The van der Waals surface area contributed by atoms with Gasteiger partial charge >= 0.3 is 0 Å². The summed E-state index contributed by atoms with van der Waals surface area (Å²) in [6.45, 7) is 7.30. The van der Waals surface area contributed by atoms with Gasteiger partial charge in [-0.1, -0.05) is 18.2 Å². The Balaban J connectivity index is 3.40. The summed E-state index contributed by atoms with van der Waals surface area (Å²) in [5.41, 5.74) is 1.63. The van der Waals surface area contributed by atoms with Crippen LogP contribution in [-0.2, 0) is 6.42 Å². The third-order valence-corrected chi connectivity index (χ3v) is 2.58. The molecule has 17 heavy (non-hydrogen) atoms. The van der Waals surface area contributed by atoms with E-state index >= 15 is 0 Å². The molecular formula is C14H18O3. The second kappa shape index (κ2) is 6.11. The minimum absolute atomic E-state index is 0.598. The summed E-state index contributed by atoms with van der Waals surface area (Å²) in [5.74, 6) is 1.27. The molecule has 1 rings (SSSR count). The van der Waals surface area contributed by atoms with Crippen LogP contribution in [0.2, 0.25) is 0 Å². The van der Waals surface area contributed by atoms with Crippen molar-refractivity contribution in [2.24, 2.45) is 0 Å². The fourth-order valence-corrected chi connectivity index (χ4v) is 1.77. The molecular weight excluding hydrogens is 216 g/mol. The number of hydrogen-bond donors (Lipinski definition) is 1. The molecule has 3 heteroatoms. The molecule has 3 nitrogen and oxygen atoms in total.